The molecule has 1 saturated heterocycles. The van der Waals surface area contributed by atoms with Gasteiger partial charge in [-0.15, -0.1) is 0 Å². The van der Waals surface area contributed by atoms with Crippen LogP contribution < -0.4 is 10.1 Å². The Hall–Kier alpha value is -2.95. The lowest BCUT2D eigenvalue weighted by Gasteiger charge is -2.28. The van der Waals surface area contributed by atoms with Crippen molar-refractivity contribution in [1.29, 1.82) is 0 Å². The van der Waals surface area contributed by atoms with E-state index in [9.17, 15) is 22.8 Å². The highest BCUT2D eigenvalue weighted by molar-refractivity contribution is 7.91. The van der Waals surface area contributed by atoms with E-state index in [0.717, 1.165) is 5.01 Å². The highest BCUT2D eigenvalue weighted by Gasteiger charge is 2.37. The van der Waals surface area contributed by atoms with Crippen molar-refractivity contribution in [3.63, 3.8) is 0 Å². The topological polar surface area (TPSA) is 125 Å². The maximum atomic E-state index is 12.7. The van der Waals surface area contributed by atoms with Crippen LogP contribution in [0.25, 0.3) is 0 Å². The van der Waals surface area contributed by atoms with Crippen LogP contribution in [0.4, 0.5) is 5.69 Å². The van der Waals surface area contributed by atoms with Crippen LogP contribution >= 0.6 is 0 Å². The Balaban J connectivity index is 1.62. The molecule has 3 amide bonds. The first-order chi connectivity index (χ1) is 14.2. The fourth-order valence-corrected chi connectivity index (χ4v) is 5.05. The lowest BCUT2D eigenvalue weighted by molar-refractivity contribution is -0.134. The molecule has 0 aliphatic carbocycles. The number of methoxy groups -OCH3 is 1. The third kappa shape index (κ3) is 5.15. The minimum absolute atomic E-state index is 0.00564. The number of hydrogen-bond acceptors (Lipinski definition) is 7. The Kier molecular flexibility index (Phi) is 6.40. The summed E-state index contributed by atoms with van der Waals surface area (Å²) in [6.07, 6.45) is 0.532. The van der Waals surface area contributed by atoms with Crippen LogP contribution in [-0.2, 0) is 24.2 Å². The summed E-state index contributed by atoms with van der Waals surface area (Å²) in [6, 6.07) is 6.23. The summed E-state index contributed by atoms with van der Waals surface area (Å²) >= 11 is 0. The van der Waals surface area contributed by atoms with E-state index in [1.54, 1.807) is 31.4 Å². The van der Waals surface area contributed by atoms with Gasteiger partial charge in [0.15, 0.2) is 9.84 Å². The van der Waals surface area contributed by atoms with Crippen molar-refractivity contribution < 1.29 is 27.5 Å². The Labute approximate surface area is 174 Å². The van der Waals surface area contributed by atoms with Crippen LogP contribution in [0.2, 0.25) is 0 Å². The molecular weight excluding hydrogens is 412 g/mol. The number of rotatable bonds is 6. The number of carbonyl (C=O) groups is 3. The molecule has 1 atom stereocenters. The van der Waals surface area contributed by atoms with Gasteiger partial charge in [0.2, 0.25) is 11.8 Å². The van der Waals surface area contributed by atoms with Gasteiger partial charge in [-0.1, -0.05) is 0 Å². The molecule has 0 aromatic heterocycles. The second-order valence-corrected chi connectivity index (χ2v) is 9.51. The largest absolute Gasteiger partial charge is 0.497 e. The zero-order chi connectivity index (χ0) is 21.9. The fraction of sp³-hybridized carbons (Fsp3) is 0.474. The van der Waals surface area contributed by atoms with Gasteiger partial charge in [-0.3, -0.25) is 14.4 Å². The predicted molar refractivity (Wildman–Crippen MR) is 110 cm³/mol. The van der Waals surface area contributed by atoms with Crippen molar-refractivity contribution in [3.8, 4) is 5.75 Å². The molecule has 2 aliphatic heterocycles. The second-order valence-electron chi connectivity index (χ2n) is 7.28. The predicted octanol–water partition coefficient (Wildman–Crippen LogP) is 0.258. The van der Waals surface area contributed by atoms with Crippen molar-refractivity contribution in [2.75, 3.05) is 37.5 Å². The molecule has 0 radical (unpaired) electrons. The van der Waals surface area contributed by atoms with Gasteiger partial charge < -0.3 is 15.0 Å². The number of ether oxygens (including phenoxy) is 1. The number of nitrogens with zero attached hydrogens (tertiary/aromatic N) is 3. The van der Waals surface area contributed by atoms with Gasteiger partial charge in [-0.05, 0) is 30.7 Å². The molecule has 11 heteroatoms. The zero-order valence-corrected chi connectivity index (χ0v) is 17.6. The first-order valence-corrected chi connectivity index (χ1v) is 11.3. The molecule has 1 fully saturated rings. The number of anilines is 1. The van der Waals surface area contributed by atoms with Gasteiger partial charge in [-0.25, -0.2) is 13.4 Å². The van der Waals surface area contributed by atoms with Gasteiger partial charge in [-0.2, -0.15) is 5.10 Å². The van der Waals surface area contributed by atoms with Crippen molar-refractivity contribution in [2.24, 2.45) is 5.10 Å². The average Bonchev–Trinajstić information content (AvgIpc) is 3.07. The Morgan fingerprint density at radius 3 is 2.57 bits per heavy atom. The molecule has 0 unspecified atom stereocenters. The first-order valence-electron chi connectivity index (χ1n) is 9.48. The monoisotopic (exact) mass is 436 g/mol. The summed E-state index contributed by atoms with van der Waals surface area (Å²) in [4.78, 5) is 38.4. The third-order valence-electron chi connectivity index (χ3n) is 4.96. The van der Waals surface area contributed by atoms with Gasteiger partial charge in [0.1, 0.15) is 11.5 Å². The SMILES string of the molecule is COc1ccc(NC(=O)CN(C)C(=O)C2=NN([C@@H]3CCS(=O)(=O)C3)C(=O)CC2)cc1. The van der Waals surface area contributed by atoms with E-state index >= 15 is 0 Å². The molecule has 1 N–H and O–H groups in total. The number of amides is 3. The molecule has 2 aliphatic rings. The highest BCUT2D eigenvalue weighted by Crippen LogP contribution is 2.22. The number of nitrogens with one attached hydrogen (secondary N) is 1. The van der Waals surface area contributed by atoms with E-state index in [2.05, 4.69) is 10.4 Å². The molecule has 0 saturated carbocycles. The molecule has 162 valence electrons. The summed E-state index contributed by atoms with van der Waals surface area (Å²) in [6.45, 7) is -0.199. The van der Waals surface area contributed by atoms with Gasteiger partial charge in [0.05, 0.1) is 31.2 Å². The summed E-state index contributed by atoms with van der Waals surface area (Å²) in [5, 5.41) is 7.96. The van der Waals surface area contributed by atoms with Crippen LogP contribution in [0.15, 0.2) is 29.4 Å². The van der Waals surface area contributed by atoms with Crippen LogP contribution in [-0.4, -0.2) is 80.0 Å². The van der Waals surface area contributed by atoms with Crippen molar-refractivity contribution in [3.05, 3.63) is 24.3 Å². The molecule has 30 heavy (non-hydrogen) atoms. The van der Waals surface area contributed by atoms with Gasteiger partial charge in [0.25, 0.3) is 5.91 Å². The van der Waals surface area contributed by atoms with E-state index in [1.807, 2.05) is 0 Å². The normalized spacial score (nSPS) is 20.5. The van der Waals surface area contributed by atoms with Crippen molar-refractivity contribution in [1.82, 2.24) is 9.91 Å². The third-order valence-corrected chi connectivity index (χ3v) is 6.71. The fourth-order valence-electron chi connectivity index (χ4n) is 3.36. The van der Waals surface area contributed by atoms with Gasteiger partial charge in [0, 0.05) is 25.6 Å². The minimum Gasteiger partial charge on any atom is -0.497 e. The summed E-state index contributed by atoms with van der Waals surface area (Å²) in [5.74, 6) is -0.644. The number of hydrogen-bond donors (Lipinski definition) is 1. The number of benzene rings is 1. The average molecular weight is 436 g/mol. The summed E-state index contributed by atoms with van der Waals surface area (Å²) in [7, 11) is -0.176. The molecule has 3 rings (SSSR count). The Morgan fingerprint density at radius 2 is 1.97 bits per heavy atom. The summed E-state index contributed by atoms with van der Waals surface area (Å²) in [5.41, 5.74) is 0.703. The maximum Gasteiger partial charge on any atom is 0.270 e. The lowest BCUT2D eigenvalue weighted by Crippen LogP contribution is -2.45. The molecule has 10 nitrogen and oxygen atoms in total. The molecule has 1 aromatic carbocycles. The number of likely N-dealkylation sites (N-methyl/N-ethyl adjacent to an activating group) is 1. The minimum atomic E-state index is -3.19. The molecule has 1 aromatic rings. The second kappa shape index (κ2) is 8.82. The standard InChI is InChI=1S/C19H24N4O6S/c1-22(11-17(24)20-13-3-5-15(29-2)6-4-13)19(26)16-7-8-18(25)23(21-16)14-9-10-30(27,28)12-14/h3-6,14H,7-12H2,1-2H3,(H,20,24)/t14-/m1/s1. The van der Waals surface area contributed by atoms with E-state index in [-0.39, 0.29) is 48.4 Å². The van der Waals surface area contributed by atoms with Crippen molar-refractivity contribution >= 4 is 39.0 Å². The first kappa shape index (κ1) is 21.8. The molecule has 0 spiro atoms. The number of sulfone groups is 1. The lowest BCUT2D eigenvalue weighted by atomic mass is 10.1. The van der Waals surface area contributed by atoms with E-state index in [4.69, 9.17) is 4.74 Å². The van der Waals surface area contributed by atoms with Crippen molar-refractivity contribution in [2.45, 2.75) is 25.3 Å². The summed E-state index contributed by atoms with van der Waals surface area (Å²) < 4.78 is 28.5. The smallest absolute Gasteiger partial charge is 0.270 e. The van der Waals surface area contributed by atoms with E-state index in [0.29, 0.717) is 17.9 Å². The number of carbonyl (C=O) groups excluding carboxylic acids is 3. The van der Waals surface area contributed by atoms with Crippen LogP contribution in [0.1, 0.15) is 19.3 Å². The van der Waals surface area contributed by atoms with Crippen LogP contribution in [0.3, 0.4) is 0 Å². The number of hydrazone groups is 1. The molecular formula is C19H24N4O6S. The Bertz CT molecular complexity index is 973. The van der Waals surface area contributed by atoms with Crippen LogP contribution in [0, 0.1) is 0 Å². The highest BCUT2D eigenvalue weighted by atomic mass is 32.2. The molecule has 0 bridgehead atoms. The van der Waals surface area contributed by atoms with E-state index < -0.39 is 21.8 Å². The quantitative estimate of drug-likeness (QED) is 0.682. The van der Waals surface area contributed by atoms with Gasteiger partial charge >= 0.3 is 0 Å². The molecule has 2 heterocycles. The maximum absolute atomic E-state index is 12.7. The zero-order valence-electron chi connectivity index (χ0n) is 16.8. The van der Waals surface area contributed by atoms with E-state index in [1.165, 1.54) is 11.9 Å². The van der Waals surface area contributed by atoms with Crippen LogP contribution in [0.5, 0.6) is 5.75 Å². The Morgan fingerprint density at radius 1 is 1.27 bits per heavy atom.